The summed E-state index contributed by atoms with van der Waals surface area (Å²) in [6, 6.07) is -0.0158. The van der Waals surface area contributed by atoms with Crippen LogP contribution < -0.4 is 5.32 Å². The summed E-state index contributed by atoms with van der Waals surface area (Å²) in [6.07, 6.45) is 1.67. The normalized spacial score (nSPS) is 19.1. The second-order valence-corrected chi connectivity index (χ2v) is 7.23. The molecule has 3 rings (SSSR count). The van der Waals surface area contributed by atoms with E-state index in [4.69, 9.17) is 4.74 Å². The lowest BCUT2D eigenvalue weighted by Gasteiger charge is -2.40. The first-order valence-corrected chi connectivity index (χ1v) is 8.19. The van der Waals surface area contributed by atoms with Crippen molar-refractivity contribution < 1.29 is 14.3 Å². The number of carbonyl (C=O) groups excluding carboxylic acids is 2. The Hall–Kier alpha value is -2.16. The highest BCUT2D eigenvalue weighted by Gasteiger charge is 2.34. The summed E-state index contributed by atoms with van der Waals surface area (Å²) in [5, 5.41) is 11.0. The molecule has 1 aromatic heterocycles. The standard InChI is InChI=1S/C15H24N6O3/c1-15(2,3)16-14(23)20-8-11(9-20)21-10-12(17-18-21)13(22)19-4-6-24-7-5-19/h10-11H,4-9H2,1-3H3,(H,16,23). The average Bonchev–Trinajstić information content (AvgIpc) is 2.93. The molecule has 1 aromatic rings. The molecule has 0 atom stereocenters. The van der Waals surface area contributed by atoms with Crippen LogP contribution in [-0.4, -0.2) is 81.7 Å². The molecule has 0 aromatic carbocycles. The van der Waals surface area contributed by atoms with Crippen LogP contribution in [0.15, 0.2) is 6.20 Å². The summed E-state index contributed by atoms with van der Waals surface area (Å²) in [7, 11) is 0. The van der Waals surface area contributed by atoms with E-state index in [1.54, 1.807) is 20.7 Å². The summed E-state index contributed by atoms with van der Waals surface area (Å²) in [5.74, 6) is -0.119. The first-order valence-electron chi connectivity index (χ1n) is 8.19. The molecule has 9 nitrogen and oxygen atoms in total. The van der Waals surface area contributed by atoms with Crippen LogP contribution in [0.1, 0.15) is 37.3 Å². The molecular weight excluding hydrogens is 312 g/mol. The van der Waals surface area contributed by atoms with Crippen molar-refractivity contribution in [3.05, 3.63) is 11.9 Å². The van der Waals surface area contributed by atoms with Crippen LogP contribution in [0.2, 0.25) is 0 Å². The number of nitrogens with one attached hydrogen (secondary N) is 1. The molecule has 2 fully saturated rings. The Balaban J connectivity index is 1.54. The predicted molar refractivity (Wildman–Crippen MR) is 85.6 cm³/mol. The lowest BCUT2D eigenvalue weighted by atomic mass is 10.1. The minimum atomic E-state index is -0.257. The Kier molecular flexibility index (Phi) is 4.44. The Morgan fingerprint density at radius 2 is 1.88 bits per heavy atom. The molecular formula is C15H24N6O3. The van der Waals surface area contributed by atoms with Crippen molar-refractivity contribution in [2.75, 3.05) is 39.4 Å². The van der Waals surface area contributed by atoms with Gasteiger partial charge in [-0.1, -0.05) is 5.21 Å². The van der Waals surface area contributed by atoms with Gasteiger partial charge in [0, 0.05) is 31.7 Å². The number of morpholine rings is 1. The summed E-state index contributed by atoms with van der Waals surface area (Å²) in [5.41, 5.74) is 0.0853. The van der Waals surface area contributed by atoms with E-state index >= 15 is 0 Å². The number of aromatic nitrogens is 3. The van der Waals surface area contributed by atoms with E-state index < -0.39 is 0 Å². The van der Waals surface area contributed by atoms with Crippen molar-refractivity contribution in [3.8, 4) is 0 Å². The molecule has 1 N–H and O–H groups in total. The number of rotatable bonds is 2. The van der Waals surface area contributed by atoms with Gasteiger partial charge in [-0.2, -0.15) is 0 Å². The van der Waals surface area contributed by atoms with Gasteiger partial charge in [-0.3, -0.25) is 4.79 Å². The monoisotopic (exact) mass is 336 g/mol. The fraction of sp³-hybridized carbons (Fsp3) is 0.733. The minimum Gasteiger partial charge on any atom is -0.378 e. The van der Waals surface area contributed by atoms with Gasteiger partial charge >= 0.3 is 6.03 Å². The summed E-state index contributed by atoms with van der Waals surface area (Å²) >= 11 is 0. The molecule has 0 aliphatic carbocycles. The van der Waals surface area contributed by atoms with Crippen LogP contribution in [0.3, 0.4) is 0 Å². The van der Waals surface area contributed by atoms with Crippen LogP contribution >= 0.6 is 0 Å². The molecule has 9 heteroatoms. The maximum absolute atomic E-state index is 12.4. The predicted octanol–water partition coefficient (Wildman–Crippen LogP) is 0.115. The second-order valence-electron chi connectivity index (χ2n) is 7.23. The van der Waals surface area contributed by atoms with E-state index in [2.05, 4.69) is 15.6 Å². The smallest absolute Gasteiger partial charge is 0.317 e. The highest BCUT2D eigenvalue weighted by molar-refractivity contribution is 5.92. The molecule has 0 bridgehead atoms. The average molecular weight is 336 g/mol. The topological polar surface area (TPSA) is 92.6 Å². The number of nitrogens with zero attached hydrogens (tertiary/aromatic N) is 5. The van der Waals surface area contributed by atoms with Gasteiger partial charge in [-0.25, -0.2) is 9.48 Å². The quantitative estimate of drug-likeness (QED) is 0.828. The number of carbonyl (C=O) groups is 2. The molecule has 24 heavy (non-hydrogen) atoms. The molecule has 3 amide bonds. The van der Waals surface area contributed by atoms with E-state index in [0.717, 1.165) is 0 Å². The van der Waals surface area contributed by atoms with E-state index in [-0.39, 0.29) is 23.5 Å². The van der Waals surface area contributed by atoms with Crippen LogP contribution in [0, 0.1) is 0 Å². The first kappa shape index (κ1) is 16.7. The number of amides is 3. The summed E-state index contributed by atoms with van der Waals surface area (Å²) in [6.45, 7) is 9.24. The van der Waals surface area contributed by atoms with E-state index in [9.17, 15) is 9.59 Å². The van der Waals surface area contributed by atoms with Crippen molar-refractivity contribution in [1.82, 2.24) is 30.1 Å². The molecule has 0 radical (unpaired) electrons. The van der Waals surface area contributed by atoms with Crippen LogP contribution in [0.25, 0.3) is 0 Å². The number of likely N-dealkylation sites (tertiary alicyclic amines) is 1. The fourth-order valence-corrected chi connectivity index (χ4v) is 2.67. The van der Waals surface area contributed by atoms with Crippen molar-refractivity contribution >= 4 is 11.9 Å². The Labute approximate surface area is 140 Å². The largest absolute Gasteiger partial charge is 0.378 e. The zero-order valence-corrected chi connectivity index (χ0v) is 14.4. The molecule has 2 saturated heterocycles. The lowest BCUT2D eigenvalue weighted by Crippen LogP contribution is -2.57. The van der Waals surface area contributed by atoms with Crippen LogP contribution in [0.4, 0.5) is 4.79 Å². The molecule has 0 spiro atoms. The molecule has 0 unspecified atom stereocenters. The van der Waals surface area contributed by atoms with Crippen molar-refractivity contribution in [3.63, 3.8) is 0 Å². The number of ether oxygens (including phenoxy) is 1. The maximum atomic E-state index is 12.4. The van der Waals surface area contributed by atoms with Gasteiger partial charge in [0.05, 0.1) is 25.5 Å². The number of urea groups is 1. The van der Waals surface area contributed by atoms with Gasteiger partial charge in [0.25, 0.3) is 5.91 Å². The zero-order chi connectivity index (χ0) is 17.3. The second kappa shape index (κ2) is 6.39. The van der Waals surface area contributed by atoms with Crippen LogP contribution in [-0.2, 0) is 4.74 Å². The SMILES string of the molecule is CC(C)(C)NC(=O)N1CC(n2cc(C(=O)N3CCOCC3)nn2)C1. The molecule has 132 valence electrons. The minimum absolute atomic E-state index is 0.0643. The van der Waals surface area contributed by atoms with Crippen molar-refractivity contribution in [1.29, 1.82) is 0 Å². The van der Waals surface area contributed by atoms with Crippen molar-refractivity contribution in [2.45, 2.75) is 32.4 Å². The fourth-order valence-electron chi connectivity index (χ4n) is 2.67. The van der Waals surface area contributed by atoms with Gasteiger partial charge in [0.15, 0.2) is 5.69 Å². The van der Waals surface area contributed by atoms with Crippen LogP contribution in [0.5, 0.6) is 0 Å². The van der Waals surface area contributed by atoms with Gasteiger partial charge in [-0.15, -0.1) is 5.10 Å². The Morgan fingerprint density at radius 3 is 2.50 bits per heavy atom. The molecule has 2 aliphatic rings. The zero-order valence-electron chi connectivity index (χ0n) is 14.4. The van der Waals surface area contributed by atoms with Gasteiger partial charge < -0.3 is 19.9 Å². The molecule has 2 aliphatic heterocycles. The molecule has 0 saturated carbocycles. The van der Waals surface area contributed by atoms with Gasteiger partial charge in [0.2, 0.25) is 0 Å². The lowest BCUT2D eigenvalue weighted by molar-refractivity contribution is 0.0299. The number of hydrogen-bond acceptors (Lipinski definition) is 5. The Bertz CT molecular complexity index is 611. The first-order chi connectivity index (χ1) is 11.3. The van der Waals surface area contributed by atoms with Gasteiger partial charge in [-0.05, 0) is 20.8 Å². The number of hydrogen-bond donors (Lipinski definition) is 1. The summed E-state index contributed by atoms with van der Waals surface area (Å²) < 4.78 is 6.92. The highest BCUT2D eigenvalue weighted by Crippen LogP contribution is 2.21. The van der Waals surface area contributed by atoms with E-state index in [0.29, 0.717) is 45.1 Å². The van der Waals surface area contributed by atoms with E-state index in [1.165, 1.54) is 0 Å². The third-order valence-electron chi connectivity index (χ3n) is 4.03. The summed E-state index contributed by atoms with van der Waals surface area (Å²) in [4.78, 5) is 27.8. The highest BCUT2D eigenvalue weighted by atomic mass is 16.5. The third-order valence-corrected chi connectivity index (χ3v) is 4.03. The van der Waals surface area contributed by atoms with Crippen molar-refractivity contribution in [2.24, 2.45) is 0 Å². The maximum Gasteiger partial charge on any atom is 0.317 e. The van der Waals surface area contributed by atoms with E-state index in [1.807, 2.05) is 20.8 Å². The Morgan fingerprint density at radius 1 is 1.21 bits per heavy atom. The van der Waals surface area contributed by atoms with Gasteiger partial charge in [0.1, 0.15) is 0 Å². The third kappa shape index (κ3) is 3.66. The molecule has 3 heterocycles.